The van der Waals surface area contributed by atoms with Gasteiger partial charge in [0.1, 0.15) is 0 Å². The molecule has 4 aromatic rings. The van der Waals surface area contributed by atoms with Crippen LogP contribution in [-0.4, -0.2) is 42.8 Å². The zero-order chi connectivity index (χ0) is 25.2. The van der Waals surface area contributed by atoms with Crippen LogP contribution in [-0.2, 0) is 4.79 Å². The second-order valence-electron chi connectivity index (χ2n) is 7.14. The molecule has 0 spiro atoms. The minimum Gasteiger partial charge on any atom is -0.404 e. The van der Waals surface area contributed by atoms with Gasteiger partial charge in [-0.05, 0) is 37.3 Å². The third kappa shape index (κ3) is 5.11. The Hall–Kier alpha value is -4.32. The molecule has 0 saturated carbocycles. The summed E-state index contributed by atoms with van der Waals surface area (Å²) in [5, 5.41) is 10.5. The van der Waals surface area contributed by atoms with Crippen LogP contribution in [0.25, 0.3) is 16.7 Å². The molecule has 0 aliphatic carbocycles. The van der Waals surface area contributed by atoms with E-state index in [9.17, 15) is 18.0 Å². The van der Waals surface area contributed by atoms with Gasteiger partial charge in [-0.1, -0.05) is 17.7 Å². The Morgan fingerprint density at radius 1 is 1.20 bits per heavy atom. The molecule has 178 valence electrons. The minimum absolute atomic E-state index is 0.0183. The van der Waals surface area contributed by atoms with Gasteiger partial charge in [0.25, 0.3) is 5.91 Å². The first-order valence-electron chi connectivity index (χ1n) is 9.95. The number of nitrogens with two attached hydrogens (primary N) is 1. The molecular formula is C22H16ClF3N8O. The summed E-state index contributed by atoms with van der Waals surface area (Å²) in [7, 11) is 0. The molecule has 9 nitrogen and oxygen atoms in total. The second kappa shape index (κ2) is 9.50. The molecule has 13 heteroatoms. The minimum atomic E-state index is -4.99. The quantitative estimate of drug-likeness (QED) is 0.311. The number of aromatic nitrogens is 5. The summed E-state index contributed by atoms with van der Waals surface area (Å²) in [6.07, 6.45) is -0.422. The van der Waals surface area contributed by atoms with Gasteiger partial charge >= 0.3 is 6.18 Å². The summed E-state index contributed by atoms with van der Waals surface area (Å²) < 4.78 is 42.0. The molecular weight excluding hydrogens is 485 g/mol. The first kappa shape index (κ1) is 23.8. The predicted molar refractivity (Wildman–Crippen MR) is 125 cm³/mol. The van der Waals surface area contributed by atoms with Crippen LogP contribution < -0.4 is 11.1 Å². The van der Waals surface area contributed by atoms with Gasteiger partial charge in [-0.15, -0.1) is 4.80 Å². The highest BCUT2D eigenvalue weighted by Gasteiger charge is 2.40. The van der Waals surface area contributed by atoms with Gasteiger partial charge in [-0.3, -0.25) is 9.78 Å². The van der Waals surface area contributed by atoms with E-state index in [1.165, 1.54) is 36.8 Å². The Morgan fingerprint density at radius 3 is 2.60 bits per heavy atom. The number of anilines is 1. The van der Waals surface area contributed by atoms with E-state index in [1.54, 1.807) is 25.1 Å². The molecule has 4 rings (SSSR count). The Labute approximate surface area is 201 Å². The fourth-order valence-corrected chi connectivity index (χ4v) is 3.41. The summed E-state index contributed by atoms with van der Waals surface area (Å²) in [6.45, 7) is 1.76. The maximum absolute atomic E-state index is 14.0. The number of halogens is 4. The summed E-state index contributed by atoms with van der Waals surface area (Å²) in [4.78, 5) is 26.1. The maximum Gasteiger partial charge on any atom is 0.434 e. The molecule has 3 heterocycles. The number of aliphatic imine (C=N–C) groups is 1. The normalized spacial score (nSPS) is 12.7. The van der Waals surface area contributed by atoms with Crippen LogP contribution >= 0.6 is 11.6 Å². The van der Waals surface area contributed by atoms with Crippen LogP contribution in [0.1, 0.15) is 5.69 Å². The topological polar surface area (TPSA) is 124 Å². The van der Waals surface area contributed by atoms with Gasteiger partial charge in [-0.2, -0.15) is 23.4 Å². The molecule has 0 aliphatic rings. The number of fused-ring (bicyclic) bond motifs is 1. The van der Waals surface area contributed by atoms with Crippen LogP contribution in [0.3, 0.4) is 0 Å². The SMILES string of the molecule is Cc1ccc2c(N=C(C(=CN)C(=O)Nc3cnc(-n4nccn4)c(Cl)c3)C(F)(F)F)cccc2n1. The van der Waals surface area contributed by atoms with Crippen molar-refractivity contribution < 1.29 is 18.0 Å². The van der Waals surface area contributed by atoms with Crippen molar-refractivity contribution in [1.29, 1.82) is 0 Å². The van der Waals surface area contributed by atoms with Crippen molar-refractivity contribution >= 4 is 45.5 Å². The van der Waals surface area contributed by atoms with E-state index in [2.05, 4.69) is 30.5 Å². The number of amides is 1. The van der Waals surface area contributed by atoms with Gasteiger partial charge in [0.15, 0.2) is 11.5 Å². The second-order valence-corrected chi connectivity index (χ2v) is 7.54. The fraction of sp³-hybridized carbons (Fsp3) is 0.0909. The standard InChI is InChI=1S/C22H16ClF3N8O/c1-12-5-6-14-17(31-12)3-2-4-18(14)33-19(22(24,25)26)15(10-27)21(35)32-13-9-16(23)20(28-11-13)34-29-7-8-30-34/h2-11H,27H2,1H3,(H,32,35). The van der Waals surface area contributed by atoms with E-state index < -0.39 is 23.4 Å². The Bertz CT molecular complexity index is 1470. The molecule has 1 aromatic carbocycles. The van der Waals surface area contributed by atoms with Gasteiger partial charge in [0.2, 0.25) is 0 Å². The predicted octanol–water partition coefficient (Wildman–Crippen LogP) is 4.29. The maximum atomic E-state index is 14.0. The molecule has 0 fully saturated rings. The van der Waals surface area contributed by atoms with Gasteiger partial charge in [0, 0.05) is 17.3 Å². The monoisotopic (exact) mass is 500 g/mol. The van der Waals surface area contributed by atoms with E-state index in [0.29, 0.717) is 22.8 Å². The van der Waals surface area contributed by atoms with Crippen molar-refractivity contribution in [3.63, 3.8) is 0 Å². The van der Waals surface area contributed by atoms with Crippen LogP contribution in [0.5, 0.6) is 0 Å². The largest absolute Gasteiger partial charge is 0.434 e. The number of nitrogens with one attached hydrogen (secondary N) is 1. The highest BCUT2D eigenvalue weighted by atomic mass is 35.5. The lowest BCUT2D eigenvalue weighted by molar-refractivity contribution is -0.113. The molecule has 0 atom stereocenters. The molecule has 35 heavy (non-hydrogen) atoms. The number of pyridine rings is 2. The summed E-state index contributed by atoms with van der Waals surface area (Å²) >= 11 is 6.16. The number of rotatable bonds is 5. The smallest absolute Gasteiger partial charge is 0.404 e. The number of aryl methyl sites for hydroxylation is 1. The summed E-state index contributed by atoms with van der Waals surface area (Å²) in [5.74, 6) is -0.984. The zero-order valence-electron chi connectivity index (χ0n) is 18.0. The van der Waals surface area contributed by atoms with Crippen molar-refractivity contribution in [2.45, 2.75) is 13.1 Å². The van der Waals surface area contributed by atoms with Crippen LogP contribution in [0.15, 0.2) is 71.8 Å². The van der Waals surface area contributed by atoms with E-state index in [4.69, 9.17) is 17.3 Å². The number of carbonyl (C=O) groups excluding carboxylic acids is 1. The average molecular weight is 501 g/mol. The Kier molecular flexibility index (Phi) is 6.47. The molecule has 3 aromatic heterocycles. The Balaban J connectivity index is 1.68. The Morgan fingerprint density at radius 2 is 1.94 bits per heavy atom. The number of nitrogens with zero attached hydrogens (tertiary/aromatic N) is 6. The van der Waals surface area contributed by atoms with Crippen molar-refractivity contribution in [3.05, 3.63) is 77.5 Å². The van der Waals surface area contributed by atoms with Gasteiger partial charge in [-0.25, -0.2) is 9.98 Å². The highest BCUT2D eigenvalue weighted by Crippen LogP contribution is 2.31. The first-order chi connectivity index (χ1) is 16.7. The fourth-order valence-electron chi connectivity index (χ4n) is 3.17. The number of hydrogen-bond acceptors (Lipinski definition) is 7. The number of carbonyl (C=O) groups is 1. The molecule has 3 N–H and O–H groups in total. The van der Waals surface area contributed by atoms with Crippen molar-refractivity contribution in [3.8, 4) is 5.82 Å². The molecule has 0 radical (unpaired) electrons. The van der Waals surface area contributed by atoms with E-state index in [1.807, 2.05) is 0 Å². The summed E-state index contributed by atoms with van der Waals surface area (Å²) in [5.41, 5.74) is 4.26. The number of alkyl halides is 3. The average Bonchev–Trinajstić information content (AvgIpc) is 3.33. The third-order valence-corrected chi connectivity index (χ3v) is 4.98. The molecule has 1 amide bonds. The molecule has 0 unspecified atom stereocenters. The zero-order valence-corrected chi connectivity index (χ0v) is 18.7. The van der Waals surface area contributed by atoms with E-state index in [-0.39, 0.29) is 22.2 Å². The van der Waals surface area contributed by atoms with Gasteiger partial charge in [0.05, 0.1) is 46.1 Å². The lowest BCUT2D eigenvalue weighted by atomic mass is 10.1. The molecule has 0 aliphatic heterocycles. The molecule has 0 bridgehead atoms. The number of benzene rings is 1. The van der Waals surface area contributed by atoms with Crippen LogP contribution in [0.4, 0.5) is 24.5 Å². The lowest BCUT2D eigenvalue weighted by Gasteiger charge is -2.15. The van der Waals surface area contributed by atoms with Crippen LogP contribution in [0, 0.1) is 6.92 Å². The number of hydrogen-bond donors (Lipinski definition) is 2. The van der Waals surface area contributed by atoms with Crippen molar-refractivity contribution in [1.82, 2.24) is 25.0 Å². The molecule has 0 saturated heterocycles. The lowest BCUT2D eigenvalue weighted by Crippen LogP contribution is -2.32. The van der Waals surface area contributed by atoms with E-state index >= 15 is 0 Å². The third-order valence-electron chi connectivity index (χ3n) is 4.70. The van der Waals surface area contributed by atoms with E-state index in [0.717, 1.165) is 4.80 Å². The first-order valence-corrected chi connectivity index (χ1v) is 10.3. The highest BCUT2D eigenvalue weighted by molar-refractivity contribution is 6.32. The van der Waals surface area contributed by atoms with Crippen LogP contribution in [0.2, 0.25) is 5.02 Å². The van der Waals surface area contributed by atoms with Crippen molar-refractivity contribution in [2.75, 3.05) is 5.32 Å². The van der Waals surface area contributed by atoms with Gasteiger partial charge < -0.3 is 11.1 Å². The summed E-state index contributed by atoms with van der Waals surface area (Å²) in [6, 6.07) is 9.13. The van der Waals surface area contributed by atoms with Crippen molar-refractivity contribution in [2.24, 2.45) is 10.7 Å².